The second-order valence-corrected chi connectivity index (χ2v) is 5.93. The fourth-order valence-electron chi connectivity index (χ4n) is 3.12. The summed E-state index contributed by atoms with van der Waals surface area (Å²) in [7, 11) is 0. The first-order valence-corrected chi connectivity index (χ1v) is 8.18. The van der Waals surface area contributed by atoms with Crippen molar-refractivity contribution < 1.29 is 9.84 Å². The van der Waals surface area contributed by atoms with Gasteiger partial charge in [-0.25, -0.2) is 0 Å². The molecule has 1 aromatic rings. The number of hydrogen-bond donors (Lipinski definition) is 2. The normalized spacial score (nSPS) is 20.0. The number of aliphatic hydroxyl groups is 1. The van der Waals surface area contributed by atoms with Crippen LogP contribution in [0.5, 0.6) is 0 Å². The van der Waals surface area contributed by atoms with E-state index in [0.29, 0.717) is 13.2 Å². The third-order valence-corrected chi connectivity index (χ3v) is 4.23. The molecule has 0 aromatic heterocycles. The van der Waals surface area contributed by atoms with Crippen molar-refractivity contribution in [1.29, 1.82) is 0 Å². The average molecular weight is 307 g/mol. The number of aliphatic hydroxyl groups excluding tert-OH is 1. The van der Waals surface area contributed by atoms with Crippen LogP contribution in [0.3, 0.4) is 0 Å². The van der Waals surface area contributed by atoms with Gasteiger partial charge in [0.2, 0.25) is 0 Å². The summed E-state index contributed by atoms with van der Waals surface area (Å²) in [6.07, 6.45) is 0. The predicted molar refractivity (Wildman–Crippen MR) is 88.8 cm³/mol. The zero-order valence-electron chi connectivity index (χ0n) is 13.5. The number of rotatable bonds is 8. The Labute approximate surface area is 133 Å². The van der Waals surface area contributed by atoms with Crippen molar-refractivity contribution in [1.82, 2.24) is 9.80 Å². The van der Waals surface area contributed by atoms with Crippen molar-refractivity contribution in [2.45, 2.75) is 19.0 Å². The standard InChI is InChI=1S/C17H29N3O2/c1-15(18)17(16-5-3-2-4-6-16)20-9-7-19(8-10-20)11-13-22-14-12-21/h2-6,15,17,21H,7-14,18H2,1H3/t15-,17?/m0/s1. The lowest BCUT2D eigenvalue weighted by Gasteiger charge is -2.41. The van der Waals surface area contributed by atoms with Gasteiger partial charge in [-0.2, -0.15) is 0 Å². The van der Waals surface area contributed by atoms with E-state index in [2.05, 4.69) is 41.0 Å². The fraction of sp³-hybridized carbons (Fsp3) is 0.647. The number of piperazine rings is 1. The van der Waals surface area contributed by atoms with Crippen LogP contribution in [0.25, 0.3) is 0 Å². The van der Waals surface area contributed by atoms with Crippen molar-refractivity contribution in [3.8, 4) is 0 Å². The van der Waals surface area contributed by atoms with E-state index in [1.165, 1.54) is 5.56 Å². The van der Waals surface area contributed by atoms with Crippen LogP contribution >= 0.6 is 0 Å². The quantitative estimate of drug-likeness (QED) is 0.692. The lowest BCUT2D eigenvalue weighted by molar-refractivity contribution is 0.0454. The van der Waals surface area contributed by atoms with Gasteiger partial charge in [-0.05, 0) is 12.5 Å². The number of benzene rings is 1. The first-order chi connectivity index (χ1) is 10.7. The molecule has 2 atom stereocenters. The molecule has 0 aliphatic carbocycles. The Kier molecular flexibility index (Phi) is 7.29. The minimum Gasteiger partial charge on any atom is -0.394 e. The smallest absolute Gasteiger partial charge is 0.0698 e. The number of ether oxygens (including phenoxy) is 1. The molecular formula is C17H29N3O2. The summed E-state index contributed by atoms with van der Waals surface area (Å²) in [4.78, 5) is 4.90. The van der Waals surface area contributed by atoms with Crippen LogP contribution in [0.15, 0.2) is 30.3 Å². The van der Waals surface area contributed by atoms with Crippen LogP contribution in [0.2, 0.25) is 0 Å². The van der Waals surface area contributed by atoms with Gasteiger partial charge in [0.15, 0.2) is 0 Å². The molecule has 3 N–H and O–H groups in total. The van der Waals surface area contributed by atoms with Crippen molar-refractivity contribution in [3.63, 3.8) is 0 Å². The minimum atomic E-state index is 0.0981. The molecule has 22 heavy (non-hydrogen) atoms. The van der Waals surface area contributed by atoms with Crippen LogP contribution in [-0.4, -0.2) is 73.5 Å². The fourth-order valence-corrected chi connectivity index (χ4v) is 3.12. The molecule has 0 bridgehead atoms. The first-order valence-electron chi connectivity index (χ1n) is 8.18. The van der Waals surface area contributed by atoms with Gasteiger partial charge in [0.05, 0.1) is 19.8 Å². The third-order valence-electron chi connectivity index (χ3n) is 4.23. The highest BCUT2D eigenvalue weighted by Crippen LogP contribution is 2.24. The zero-order valence-corrected chi connectivity index (χ0v) is 13.5. The number of hydrogen-bond acceptors (Lipinski definition) is 5. The van der Waals surface area contributed by atoms with E-state index in [9.17, 15) is 0 Å². The first kappa shape index (κ1) is 17.4. The van der Waals surface area contributed by atoms with Gasteiger partial charge in [-0.1, -0.05) is 30.3 Å². The summed E-state index contributed by atoms with van der Waals surface area (Å²) in [5, 5.41) is 8.70. The summed E-state index contributed by atoms with van der Waals surface area (Å²) < 4.78 is 5.34. The molecule has 5 nitrogen and oxygen atoms in total. The molecule has 124 valence electrons. The van der Waals surface area contributed by atoms with E-state index in [0.717, 1.165) is 32.7 Å². The molecule has 0 spiro atoms. The molecule has 1 aliphatic rings. The summed E-state index contributed by atoms with van der Waals surface area (Å²) in [6, 6.07) is 11.0. The second kappa shape index (κ2) is 9.22. The summed E-state index contributed by atoms with van der Waals surface area (Å²) in [6.45, 7) is 8.38. The second-order valence-electron chi connectivity index (χ2n) is 5.93. The molecule has 1 unspecified atom stereocenters. The third kappa shape index (κ3) is 5.04. The monoisotopic (exact) mass is 307 g/mol. The molecule has 0 amide bonds. The highest BCUT2D eigenvalue weighted by atomic mass is 16.5. The minimum absolute atomic E-state index is 0.0981. The lowest BCUT2D eigenvalue weighted by atomic mass is 9.98. The summed E-state index contributed by atoms with van der Waals surface area (Å²) in [5.41, 5.74) is 7.55. The van der Waals surface area contributed by atoms with Crippen molar-refractivity contribution >= 4 is 0 Å². The molecule has 5 heteroatoms. The molecule has 2 rings (SSSR count). The highest BCUT2D eigenvalue weighted by molar-refractivity contribution is 5.20. The Morgan fingerprint density at radius 2 is 1.82 bits per heavy atom. The van der Waals surface area contributed by atoms with Gasteiger partial charge in [-0.3, -0.25) is 9.80 Å². The van der Waals surface area contributed by atoms with Gasteiger partial charge in [0.25, 0.3) is 0 Å². The van der Waals surface area contributed by atoms with Crippen LogP contribution in [-0.2, 0) is 4.74 Å². The van der Waals surface area contributed by atoms with Crippen molar-refractivity contribution in [3.05, 3.63) is 35.9 Å². The van der Waals surface area contributed by atoms with Gasteiger partial charge in [0.1, 0.15) is 0 Å². The van der Waals surface area contributed by atoms with Crippen LogP contribution in [0.1, 0.15) is 18.5 Å². The Morgan fingerprint density at radius 3 is 2.41 bits per heavy atom. The van der Waals surface area contributed by atoms with Crippen molar-refractivity contribution in [2.24, 2.45) is 5.73 Å². The molecule has 0 radical (unpaired) electrons. The molecule has 1 saturated heterocycles. The van der Waals surface area contributed by atoms with E-state index in [4.69, 9.17) is 15.6 Å². The van der Waals surface area contributed by atoms with Crippen LogP contribution < -0.4 is 5.73 Å². The topological polar surface area (TPSA) is 62.0 Å². The van der Waals surface area contributed by atoms with E-state index in [1.807, 2.05) is 6.07 Å². The predicted octanol–water partition coefficient (Wildman–Crippen LogP) is 0.701. The molecule has 1 heterocycles. The summed E-state index contributed by atoms with van der Waals surface area (Å²) in [5.74, 6) is 0. The maximum absolute atomic E-state index is 8.70. The highest BCUT2D eigenvalue weighted by Gasteiger charge is 2.27. The maximum atomic E-state index is 8.70. The molecular weight excluding hydrogens is 278 g/mol. The Morgan fingerprint density at radius 1 is 1.14 bits per heavy atom. The van der Waals surface area contributed by atoms with Crippen molar-refractivity contribution in [2.75, 3.05) is 52.5 Å². The SMILES string of the molecule is C[C@H](N)C(c1ccccc1)N1CCN(CCOCCO)CC1. The summed E-state index contributed by atoms with van der Waals surface area (Å²) >= 11 is 0. The van der Waals surface area contributed by atoms with Gasteiger partial charge < -0.3 is 15.6 Å². The van der Waals surface area contributed by atoms with E-state index >= 15 is 0 Å². The molecule has 1 aliphatic heterocycles. The van der Waals surface area contributed by atoms with E-state index in [1.54, 1.807) is 0 Å². The molecule has 1 aromatic carbocycles. The zero-order chi connectivity index (χ0) is 15.8. The van der Waals surface area contributed by atoms with Gasteiger partial charge in [-0.15, -0.1) is 0 Å². The largest absolute Gasteiger partial charge is 0.394 e. The molecule has 1 fully saturated rings. The van der Waals surface area contributed by atoms with Crippen LogP contribution in [0, 0.1) is 0 Å². The number of nitrogens with two attached hydrogens (primary N) is 1. The average Bonchev–Trinajstić information content (AvgIpc) is 2.54. The molecule has 0 saturated carbocycles. The van der Waals surface area contributed by atoms with E-state index < -0.39 is 0 Å². The van der Waals surface area contributed by atoms with Crippen LogP contribution in [0.4, 0.5) is 0 Å². The van der Waals surface area contributed by atoms with Gasteiger partial charge in [0, 0.05) is 44.8 Å². The Bertz CT molecular complexity index is 406. The lowest BCUT2D eigenvalue weighted by Crippen LogP contribution is -2.51. The Balaban J connectivity index is 1.83. The van der Waals surface area contributed by atoms with Gasteiger partial charge >= 0.3 is 0 Å². The maximum Gasteiger partial charge on any atom is 0.0698 e. The number of nitrogens with zero attached hydrogens (tertiary/aromatic N) is 2. The van der Waals surface area contributed by atoms with E-state index in [-0.39, 0.29) is 18.7 Å². The Hall–Kier alpha value is -0.980.